The molecule has 0 aliphatic rings. The summed E-state index contributed by atoms with van der Waals surface area (Å²) >= 11 is 11.8. The molecule has 0 N–H and O–H groups in total. The van der Waals surface area contributed by atoms with E-state index in [1.807, 2.05) is 0 Å². The highest BCUT2D eigenvalue weighted by Crippen LogP contribution is 2.27. The molecule has 0 fully saturated rings. The van der Waals surface area contributed by atoms with E-state index in [1.165, 1.54) is 13.0 Å². The van der Waals surface area contributed by atoms with E-state index >= 15 is 0 Å². The minimum absolute atomic E-state index is 0.0647. The third kappa shape index (κ3) is 6.76. The molecule has 0 spiro atoms. The van der Waals surface area contributed by atoms with Crippen LogP contribution in [0.4, 0.5) is 0 Å². The largest absolute Gasteiger partial charge is 0.488 e. The Morgan fingerprint density at radius 1 is 1.30 bits per heavy atom. The van der Waals surface area contributed by atoms with E-state index in [0.29, 0.717) is 15.8 Å². The maximum atomic E-state index is 11.6. The third-order valence-corrected chi connectivity index (χ3v) is 3.05. The molecule has 1 aromatic carbocycles. The first kappa shape index (κ1) is 19.1. The number of carbonyl (C=O) groups is 2. The molecule has 1 rings (SSSR count). The second kappa shape index (κ2) is 9.22. The predicted molar refractivity (Wildman–Crippen MR) is 87.8 cm³/mol. The Kier molecular flexibility index (Phi) is 7.65. The topological polar surface area (TPSA) is 61.8 Å². The van der Waals surface area contributed by atoms with Crippen molar-refractivity contribution in [2.75, 3.05) is 13.2 Å². The lowest BCUT2D eigenvalue weighted by Gasteiger charge is -2.18. The van der Waals surface area contributed by atoms with Crippen molar-refractivity contribution in [2.45, 2.75) is 13.0 Å². The fourth-order valence-electron chi connectivity index (χ4n) is 1.38. The summed E-state index contributed by atoms with van der Waals surface area (Å²) in [6, 6.07) is 4.71. The van der Waals surface area contributed by atoms with Gasteiger partial charge in [-0.1, -0.05) is 36.4 Å². The number of ether oxygens (including phenoxy) is 3. The normalized spacial score (nSPS) is 11.3. The van der Waals surface area contributed by atoms with Gasteiger partial charge < -0.3 is 14.2 Å². The molecule has 0 heterocycles. The molecule has 124 valence electrons. The van der Waals surface area contributed by atoms with Gasteiger partial charge in [0.05, 0.1) is 5.02 Å². The van der Waals surface area contributed by atoms with Crippen LogP contribution in [0.2, 0.25) is 10.0 Å². The number of rotatable bonds is 8. The smallest absolute Gasteiger partial charge is 0.333 e. The van der Waals surface area contributed by atoms with Gasteiger partial charge in [-0.05, 0) is 25.1 Å². The van der Waals surface area contributed by atoms with Crippen LogP contribution in [-0.4, -0.2) is 31.3 Å². The molecule has 0 aliphatic carbocycles. The maximum Gasteiger partial charge on any atom is 0.333 e. The average Bonchev–Trinajstić information content (AvgIpc) is 2.50. The quantitative estimate of drug-likeness (QED) is 0.524. The Labute approximate surface area is 144 Å². The van der Waals surface area contributed by atoms with Crippen LogP contribution in [-0.2, 0) is 19.1 Å². The van der Waals surface area contributed by atoms with E-state index in [-0.39, 0.29) is 18.8 Å². The highest BCUT2D eigenvalue weighted by Gasteiger charge is 2.18. The van der Waals surface area contributed by atoms with Crippen LogP contribution in [0.15, 0.2) is 43.0 Å². The SMILES string of the molecule is C=CC(=O)OCC(COc1ccc(Cl)cc1Cl)OC(=O)C(=C)C. The van der Waals surface area contributed by atoms with Crippen molar-refractivity contribution in [3.63, 3.8) is 0 Å². The molecular formula is C16H16Cl2O5. The van der Waals surface area contributed by atoms with Gasteiger partial charge >= 0.3 is 11.9 Å². The van der Waals surface area contributed by atoms with Crippen LogP contribution in [0, 0.1) is 0 Å². The van der Waals surface area contributed by atoms with Crippen LogP contribution in [0.1, 0.15) is 6.92 Å². The van der Waals surface area contributed by atoms with Gasteiger partial charge in [-0.3, -0.25) is 0 Å². The summed E-state index contributed by atoms with van der Waals surface area (Å²) < 4.78 is 15.5. The number of carbonyl (C=O) groups excluding carboxylic acids is 2. The standard InChI is InChI=1S/C16H16Cl2O5/c1-4-15(19)22-9-12(23-16(20)10(2)3)8-21-14-6-5-11(17)7-13(14)18/h4-7,12H,1-2,8-9H2,3H3. The highest BCUT2D eigenvalue weighted by atomic mass is 35.5. The molecule has 5 nitrogen and oxygen atoms in total. The summed E-state index contributed by atoms with van der Waals surface area (Å²) in [6.07, 6.45) is 0.184. The molecule has 0 aliphatic heterocycles. The molecule has 0 amide bonds. The van der Waals surface area contributed by atoms with Crippen molar-refractivity contribution in [3.05, 3.63) is 53.1 Å². The summed E-state index contributed by atoms with van der Waals surface area (Å²) in [5.74, 6) is -0.885. The minimum atomic E-state index is -0.824. The first-order valence-electron chi connectivity index (χ1n) is 6.57. The summed E-state index contributed by atoms with van der Waals surface area (Å²) in [5, 5.41) is 0.776. The van der Waals surface area contributed by atoms with E-state index in [1.54, 1.807) is 12.1 Å². The van der Waals surface area contributed by atoms with E-state index < -0.39 is 18.0 Å². The van der Waals surface area contributed by atoms with Crippen molar-refractivity contribution in [1.82, 2.24) is 0 Å². The zero-order chi connectivity index (χ0) is 17.4. The molecule has 1 aromatic rings. The molecule has 7 heteroatoms. The second-order valence-electron chi connectivity index (χ2n) is 4.53. The highest BCUT2D eigenvalue weighted by molar-refractivity contribution is 6.35. The molecule has 0 bridgehead atoms. The molecule has 0 saturated heterocycles. The lowest BCUT2D eigenvalue weighted by Crippen LogP contribution is -2.31. The Morgan fingerprint density at radius 2 is 2.00 bits per heavy atom. The lowest BCUT2D eigenvalue weighted by atomic mass is 10.3. The average molecular weight is 359 g/mol. The van der Waals surface area contributed by atoms with Gasteiger partial charge in [-0.15, -0.1) is 0 Å². The Morgan fingerprint density at radius 3 is 2.57 bits per heavy atom. The van der Waals surface area contributed by atoms with Gasteiger partial charge in [0.15, 0.2) is 6.10 Å². The van der Waals surface area contributed by atoms with Crippen molar-refractivity contribution in [2.24, 2.45) is 0 Å². The summed E-state index contributed by atoms with van der Waals surface area (Å²) in [6.45, 7) is 8.03. The Bertz CT molecular complexity index is 612. The fraction of sp³-hybridized carbons (Fsp3) is 0.250. The number of esters is 2. The van der Waals surface area contributed by atoms with Gasteiger partial charge in [0.1, 0.15) is 19.0 Å². The molecule has 1 atom stereocenters. The summed E-state index contributed by atoms with van der Waals surface area (Å²) in [5.41, 5.74) is 0.217. The van der Waals surface area contributed by atoms with Gasteiger partial charge in [0.25, 0.3) is 0 Å². The van der Waals surface area contributed by atoms with Crippen molar-refractivity contribution < 1.29 is 23.8 Å². The van der Waals surface area contributed by atoms with Crippen molar-refractivity contribution in [1.29, 1.82) is 0 Å². The first-order chi connectivity index (χ1) is 10.8. The van der Waals surface area contributed by atoms with Crippen molar-refractivity contribution >= 4 is 35.1 Å². The van der Waals surface area contributed by atoms with E-state index in [9.17, 15) is 9.59 Å². The zero-order valence-corrected chi connectivity index (χ0v) is 14.0. The monoisotopic (exact) mass is 358 g/mol. The van der Waals surface area contributed by atoms with E-state index in [0.717, 1.165) is 6.08 Å². The summed E-state index contributed by atoms with van der Waals surface area (Å²) in [4.78, 5) is 22.7. The van der Waals surface area contributed by atoms with Crippen molar-refractivity contribution in [3.8, 4) is 5.75 Å². The molecule has 0 saturated carbocycles. The van der Waals surface area contributed by atoms with E-state index in [4.69, 9.17) is 37.4 Å². The summed E-state index contributed by atoms with van der Waals surface area (Å²) in [7, 11) is 0. The molecular weight excluding hydrogens is 343 g/mol. The molecule has 23 heavy (non-hydrogen) atoms. The number of halogens is 2. The van der Waals surface area contributed by atoms with Gasteiger partial charge in [-0.25, -0.2) is 9.59 Å². The second-order valence-corrected chi connectivity index (χ2v) is 5.37. The van der Waals surface area contributed by atoms with Crippen LogP contribution in [0.5, 0.6) is 5.75 Å². The van der Waals surface area contributed by atoms with Crippen LogP contribution in [0.25, 0.3) is 0 Å². The predicted octanol–water partition coefficient (Wildman–Crippen LogP) is 3.59. The van der Waals surface area contributed by atoms with Gasteiger partial charge in [0, 0.05) is 16.7 Å². The number of benzene rings is 1. The zero-order valence-electron chi connectivity index (χ0n) is 12.5. The minimum Gasteiger partial charge on any atom is -0.488 e. The molecule has 1 unspecified atom stereocenters. The van der Waals surface area contributed by atoms with Crippen LogP contribution >= 0.6 is 23.2 Å². The maximum absolute atomic E-state index is 11.6. The number of hydrogen-bond acceptors (Lipinski definition) is 5. The fourth-order valence-corrected chi connectivity index (χ4v) is 1.84. The van der Waals surface area contributed by atoms with Gasteiger partial charge in [-0.2, -0.15) is 0 Å². The van der Waals surface area contributed by atoms with E-state index in [2.05, 4.69) is 13.2 Å². The third-order valence-electron chi connectivity index (χ3n) is 2.52. The molecule has 0 aromatic heterocycles. The Balaban J connectivity index is 2.70. The molecule has 0 radical (unpaired) electrons. The van der Waals surface area contributed by atoms with Crippen LogP contribution in [0.3, 0.4) is 0 Å². The lowest BCUT2D eigenvalue weighted by molar-refractivity contribution is -0.155. The number of hydrogen-bond donors (Lipinski definition) is 0. The van der Waals surface area contributed by atoms with Gasteiger partial charge in [0.2, 0.25) is 0 Å². The first-order valence-corrected chi connectivity index (χ1v) is 7.32. The van der Waals surface area contributed by atoms with Crippen LogP contribution < -0.4 is 4.74 Å². The Hall–Kier alpha value is -1.98.